The Morgan fingerprint density at radius 2 is 1.46 bits per heavy atom. The van der Waals surface area contributed by atoms with Crippen molar-refractivity contribution in [2.24, 2.45) is 11.5 Å². The van der Waals surface area contributed by atoms with Crippen molar-refractivity contribution < 1.29 is 9.47 Å². The molecule has 10 N–H and O–H groups in total. The number of hydrogen-bond donors (Lipinski definition) is 6. The lowest BCUT2D eigenvalue weighted by atomic mass is 10.1. The van der Waals surface area contributed by atoms with Gasteiger partial charge in [0.05, 0.1) is 18.9 Å². The van der Waals surface area contributed by atoms with Crippen molar-refractivity contribution >= 4 is 23.0 Å². The first-order chi connectivity index (χ1) is 12.4. The summed E-state index contributed by atoms with van der Waals surface area (Å²) in [5.74, 6) is 1.01. The maximum Gasteiger partial charge on any atom is 0.142 e. The molecule has 0 fully saturated rings. The molecule has 8 nitrogen and oxygen atoms in total. The number of anilines is 2. The number of nitrogens with two attached hydrogens (primary N) is 4. The van der Waals surface area contributed by atoms with Gasteiger partial charge >= 0.3 is 0 Å². The zero-order chi connectivity index (χ0) is 19.1. The number of unbranched alkanes of at least 4 members (excludes halogenated alkanes) is 1. The van der Waals surface area contributed by atoms with Crippen molar-refractivity contribution in [2.75, 3.05) is 24.7 Å². The van der Waals surface area contributed by atoms with Crippen LogP contribution in [0.25, 0.3) is 0 Å². The van der Waals surface area contributed by atoms with Gasteiger partial charge in [0, 0.05) is 22.9 Å². The Morgan fingerprint density at radius 1 is 0.808 bits per heavy atom. The summed E-state index contributed by atoms with van der Waals surface area (Å²) in [5, 5.41) is 14.9. The van der Waals surface area contributed by atoms with E-state index in [0.29, 0.717) is 47.2 Å². The van der Waals surface area contributed by atoms with Gasteiger partial charge in [-0.15, -0.1) is 0 Å². The van der Waals surface area contributed by atoms with Crippen molar-refractivity contribution in [2.45, 2.75) is 12.8 Å². The van der Waals surface area contributed by atoms with Gasteiger partial charge < -0.3 is 32.4 Å². The van der Waals surface area contributed by atoms with E-state index in [4.69, 9.17) is 43.2 Å². The van der Waals surface area contributed by atoms with Gasteiger partial charge in [-0.2, -0.15) is 0 Å². The molecule has 0 aliphatic heterocycles. The molecule has 0 atom stereocenters. The molecule has 0 unspecified atom stereocenters. The average molecular weight is 356 g/mol. The number of rotatable bonds is 9. The van der Waals surface area contributed by atoms with Gasteiger partial charge in [-0.05, 0) is 43.2 Å². The summed E-state index contributed by atoms with van der Waals surface area (Å²) in [6.45, 7) is 0.942. The van der Waals surface area contributed by atoms with Crippen molar-refractivity contribution in [3.8, 4) is 11.5 Å². The van der Waals surface area contributed by atoms with Crippen LogP contribution in [-0.4, -0.2) is 24.9 Å². The van der Waals surface area contributed by atoms with E-state index in [-0.39, 0.29) is 11.7 Å². The van der Waals surface area contributed by atoms with Crippen molar-refractivity contribution in [1.29, 1.82) is 10.8 Å². The molecule has 0 saturated carbocycles. The second kappa shape index (κ2) is 8.61. The summed E-state index contributed by atoms with van der Waals surface area (Å²) in [6, 6.07) is 10.0. The normalized spacial score (nSPS) is 10.3. The monoisotopic (exact) mass is 356 g/mol. The first kappa shape index (κ1) is 18.9. The van der Waals surface area contributed by atoms with Gasteiger partial charge in [0.25, 0.3) is 0 Å². The Hall–Kier alpha value is -3.42. The fourth-order valence-corrected chi connectivity index (χ4v) is 2.26. The molecule has 8 heteroatoms. The number of benzene rings is 2. The van der Waals surface area contributed by atoms with Crippen LogP contribution >= 0.6 is 0 Å². The lowest BCUT2D eigenvalue weighted by Crippen LogP contribution is -2.12. The van der Waals surface area contributed by atoms with Crippen molar-refractivity contribution in [1.82, 2.24) is 0 Å². The maximum atomic E-state index is 7.46. The van der Waals surface area contributed by atoms with Crippen LogP contribution in [0.1, 0.15) is 24.0 Å². The average Bonchev–Trinajstić information content (AvgIpc) is 2.58. The molecule has 26 heavy (non-hydrogen) atoms. The number of nitrogens with one attached hydrogen (secondary N) is 2. The smallest absolute Gasteiger partial charge is 0.142 e. The first-order valence-electron chi connectivity index (χ1n) is 8.11. The highest BCUT2D eigenvalue weighted by atomic mass is 16.5. The third-order valence-electron chi connectivity index (χ3n) is 3.63. The molecule has 2 rings (SSSR count). The molecular weight excluding hydrogens is 332 g/mol. The minimum Gasteiger partial charge on any atom is -0.493 e. The Labute approximate surface area is 152 Å². The van der Waals surface area contributed by atoms with Gasteiger partial charge in [-0.1, -0.05) is 0 Å². The van der Waals surface area contributed by atoms with E-state index < -0.39 is 0 Å². The molecule has 0 aliphatic rings. The highest BCUT2D eigenvalue weighted by Gasteiger charge is 2.05. The van der Waals surface area contributed by atoms with Crippen LogP contribution in [0.2, 0.25) is 0 Å². The molecular formula is C18H24N6O2. The van der Waals surface area contributed by atoms with E-state index >= 15 is 0 Å². The maximum absolute atomic E-state index is 7.46. The second-order valence-corrected chi connectivity index (χ2v) is 5.77. The Balaban J connectivity index is 1.77. The van der Waals surface area contributed by atoms with Crippen LogP contribution in [0, 0.1) is 10.8 Å². The zero-order valence-corrected chi connectivity index (χ0v) is 14.4. The van der Waals surface area contributed by atoms with Gasteiger partial charge in [0.2, 0.25) is 0 Å². The SMILES string of the molecule is N=C(N)c1cc(N)cc(OCCCCOc2cc(C(=N)N)ccc2N)c1. The molecule has 0 bridgehead atoms. The van der Waals surface area contributed by atoms with Crippen molar-refractivity contribution in [3.05, 3.63) is 47.5 Å². The molecule has 0 amide bonds. The predicted octanol–water partition coefficient (Wildman–Crippen LogP) is 1.66. The van der Waals surface area contributed by atoms with Crippen LogP contribution in [0.4, 0.5) is 11.4 Å². The summed E-state index contributed by atoms with van der Waals surface area (Å²) in [4.78, 5) is 0. The summed E-state index contributed by atoms with van der Waals surface area (Å²) >= 11 is 0. The minimum atomic E-state index is -0.0547. The van der Waals surface area contributed by atoms with Crippen LogP contribution in [0.15, 0.2) is 36.4 Å². The largest absolute Gasteiger partial charge is 0.493 e. The number of amidine groups is 2. The third-order valence-corrected chi connectivity index (χ3v) is 3.63. The second-order valence-electron chi connectivity index (χ2n) is 5.77. The van der Waals surface area contributed by atoms with E-state index in [2.05, 4.69) is 0 Å². The van der Waals surface area contributed by atoms with Crippen LogP contribution in [0.3, 0.4) is 0 Å². The summed E-state index contributed by atoms with van der Waals surface area (Å²) in [6.07, 6.45) is 1.52. The summed E-state index contributed by atoms with van der Waals surface area (Å²) in [7, 11) is 0. The molecule has 138 valence electrons. The van der Waals surface area contributed by atoms with E-state index in [9.17, 15) is 0 Å². The number of nitrogen functional groups attached to an aromatic ring is 4. The summed E-state index contributed by atoms with van der Waals surface area (Å²) < 4.78 is 11.3. The Morgan fingerprint density at radius 3 is 2.12 bits per heavy atom. The van der Waals surface area contributed by atoms with E-state index in [1.54, 1.807) is 36.4 Å². The molecule has 2 aromatic rings. The predicted molar refractivity (Wildman–Crippen MR) is 104 cm³/mol. The molecule has 0 radical (unpaired) electrons. The Kier molecular flexibility index (Phi) is 6.26. The molecule has 0 aliphatic carbocycles. The van der Waals surface area contributed by atoms with E-state index in [0.717, 1.165) is 12.8 Å². The highest BCUT2D eigenvalue weighted by molar-refractivity contribution is 5.96. The molecule has 0 spiro atoms. The van der Waals surface area contributed by atoms with E-state index in [1.165, 1.54) is 0 Å². The Bertz CT molecular complexity index is 806. The quantitative estimate of drug-likeness (QED) is 0.173. The van der Waals surface area contributed by atoms with E-state index in [1.807, 2.05) is 0 Å². The molecule has 0 aromatic heterocycles. The van der Waals surface area contributed by atoms with Gasteiger partial charge in [0.1, 0.15) is 23.2 Å². The number of ether oxygens (including phenoxy) is 2. The van der Waals surface area contributed by atoms with Crippen LogP contribution in [0.5, 0.6) is 11.5 Å². The van der Waals surface area contributed by atoms with Crippen LogP contribution in [-0.2, 0) is 0 Å². The first-order valence-corrected chi connectivity index (χ1v) is 8.11. The van der Waals surface area contributed by atoms with Gasteiger partial charge in [-0.25, -0.2) is 0 Å². The van der Waals surface area contributed by atoms with Crippen molar-refractivity contribution in [3.63, 3.8) is 0 Å². The lowest BCUT2D eigenvalue weighted by Gasteiger charge is -2.11. The standard InChI is InChI=1S/C18H24N6O2/c19-13-7-12(18(23)24)8-14(10-13)25-5-1-2-6-26-16-9-11(17(21)22)3-4-15(16)20/h3-4,7-10H,1-2,5-6,19-20H2,(H3,21,22)(H3,23,24). The molecule has 2 aromatic carbocycles. The minimum absolute atomic E-state index is 0.0321. The molecule has 0 saturated heterocycles. The summed E-state index contributed by atoms with van der Waals surface area (Å²) in [5.41, 5.74) is 24.7. The van der Waals surface area contributed by atoms with Crippen LogP contribution < -0.4 is 32.4 Å². The highest BCUT2D eigenvalue weighted by Crippen LogP contribution is 2.23. The fraction of sp³-hybridized carbons (Fsp3) is 0.222. The topological polar surface area (TPSA) is 170 Å². The number of hydrogen-bond acceptors (Lipinski definition) is 6. The third kappa shape index (κ3) is 5.30. The van der Waals surface area contributed by atoms with Gasteiger partial charge in [-0.3, -0.25) is 10.8 Å². The molecule has 0 heterocycles. The van der Waals surface area contributed by atoms with Gasteiger partial charge in [0.15, 0.2) is 0 Å². The fourth-order valence-electron chi connectivity index (χ4n) is 2.26. The zero-order valence-electron chi connectivity index (χ0n) is 14.4. The lowest BCUT2D eigenvalue weighted by molar-refractivity contribution is 0.267.